The van der Waals surface area contributed by atoms with Crippen LogP contribution in [-0.2, 0) is 13.1 Å². The van der Waals surface area contributed by atoms with Gasteiger partial charge in [0, 0.05) is 48.9 Å². The molecule has 0 aliphatic rings. The second-order valence-corrected chi connectivity index (χ2v) is 6.82. The van der Waals surface area contributed by atoms with Crippen LogP contribution < -0.4 is 15.4 Å². The lowest BCUT2D eigenvalue weighted by molar-refractivity contribution is 0.415. The number of nitrogens with zero attached hydrogens (tertiary/aromatic N) is 3. The number of hydrogen-bond donors (Lipinski definition) is 2. The van der Waals surface area contributed by atoms with E-state index in [9.17, 15) is 5.26 Å². The molecule has 0 fully saturated rings. The van der Waals surface area contributed by atoms with Crippen LogP contribution in [0.25, 0.3) is 10.9 Å². The van der Waals surface area contributed by atoms with Crippen LogP contribution in [0.15, 0.2) is 42.6 Å². The summed E-state index contributed by atoms with van der Waals surface area (Å²) in [4.78, 5) is 4.52. The van der Waals surface area contributed by atoms with Crippen molar-refractivity contribution in [2.24, 2.45) is 0 Å². The van der Waals surface area contributed by atoms with Gasteiger partial charge in [0.05, 0.1) is 35.4 Å². The van der Waals surface area contributed by atoms with Crippen LogP contribution in [0.1, 0.15) is 23.1 Å². The van der Waals surface area contributed by atoms with Gasteiger partial charge in [-0.1, -0.05) is 17.7 Å². The molecule has 1 aromatic heterocycles. The maximum absolute atomic E-state index is 9.29. The third-order valence-corrected chi connectivity index (χ3v) is 4.79. The van der Waals surface area contributed by atoms with Crippen molar-refractivity contribution in [3.63, 3.8) is 0 Å². The first-order chi connectivity index (χ1) is 14.2. The number of pyridine rings is 1. The predicted octanol–water partition coefficient (Wildman–Crippen LogP) is 4.38. The van der Waals surface area contributed by atoms with Gasteiger partial charge in [-0.05, 0) is 35.9 Å². The number of methoxy groups -OCH3 is 1. The second-order valence-electron chi connectivity index (χ2n) is 6.41. The highest BCUT2D eigenvalue weighted by Gasteiger charge is 2.11. The summed E-state index contributed by atoms with van der Waals surface area (Å²) in [5.41, 5.74) is 4.25. The molecule has 0 saturated carbocycles. The Hall–Kier alpha value is -3.32. The lowest BCUT2D eigenvalue weighted by Gasteiger charge is -2.16. The lowest BCUT2D eigenvalue weighted by atomic mass is 10.1. The molecule has 2 aromatic carbocycles. The molecular formula is C22H20ClN5O. The van der Waals surface area contributed by atoms with Crippen molar-refractivity contribution < 1.29 is 4.74 Å². The molecule has 7 heteroatoms. The Morgan fingerprint density at radius 1 is 1.14 bits per heavy atom. The van der Waals surface area contributed by atoms with Crippen molar-refractivity contribution in [1.29, 1.82) is 10.5 Å². The number of benzene rings is 2. The molecule has 3 rings (SSSR count). The van der Waals surface area contributed by atoms with Crippen LogP contribution >= 0.6 is 11.6 Å². The molecular weight excluding hydrogens is 386 g/mol. The van der Waals surface area contributed by atoms with Gasteiger partial charge in [0.1, 0.15) is 5.75 Å². The third kappa shape index (κ3) is 4.94. The van der Waals surface area contributed by atoms with Crippen LogP contribution in [0, 0.1) is 22.7 Å². The number of aromatic nitrogens is 1. The Morgan fingerprint density at radius 3 is 2.72 bits per heavy atom. The van der Waals surface area contributed by atoms with Crippen molar-refractivity contribution in [3.05, 3.63) is 64.3 Å². The fraction of sp³-hybridized carbons (Fsp3) is 0.227. The normalized spacial score (nSPS) is 10.3. The molecule has 6 nitrogen and oxygen atoms in total. The lowest BCUT2D eigenvalue weighted by Crippen LogP contribution is -2.16. The summed E-state index contributed by atoms with van der Waals surface area (Å²) in [7, 11) is 1.58. The summed E-state index contributed by atoms with van der Waals surface area (Å²) in [5, 5.41) is 26.2. The minimum absolute atomic E-state index is 0.437. The van der Waals surface area contributed by atoms with Gasteiger partial charge < -0.3 is 15.4 Å². The zero-order valence-corrected chi connectivity index (χ0v) is 16.8. The number of hydrogen-bond acceptors (Lipinski definition) is 6. The maximum Gasteiger partial charge on any atom is 0.137 e. The fourth-order valence-electron chi connectivity index (χ4n) is 3.02. The molecule has 0 aliphatic carbocycles. The number of anilines is 1. The largest absolute Gasteiger partial charge is 0.495 e. The molecule has 146 valence electrons. The quantitative estimate of drug-likeness (QED) is 0.540. The Balaban J connectivity index is 1.92. The SMILES string of the molecule is COc1ccc(CNc2c(CNCCC#N)cnc3ccc(C#N)cc23)cc1Cl. The van der Waals surface area contributed by atoms with E-state index in [4.69, 9.17) is 21.6 Å². The zero-order valence-electron chi connectivity index (χ0n) is 16.0. The van der Waals surface area contributed by atoms with Crippen LogP contribution in [0.3, 0.4) is 0 Å². The molecule has 2 N–H and O–H groups in total. The molecule has 0 bridgehead atoms. The average molecular weight is 406 g/mol. The number of nitrogens with one attached hydrogen (secondary N) is 2. The Bertz CT molecular complexity index is 1100. The highest BCUT2D eigenvalue weighted by atomic mass is 35.5. The Labute approximate surface area is 174 Å². The highest BCUT2D eigenvalue weighted by Crippen LogP contribution is 2.29. The van der Waals surface area contributed by atoms with Gasteiger partial charge in [0.2, 0.25) is 0 Å². The van der Waals surface area contributed by atoms with Crippen molar-refractivity contribution in [2.75, 3.05) is 19.0 Å². The van der Waals surface area contributed by atoms with Gasteiger partial charge in [-0.3, -0.25) is 4.98 Å². The molecule has 0 radical (unpaired) electrons. The molecule has 0 unspecified atom stereocenters. The molecule has 0 amide bonds. The molecule has 0 spiro atoms. The van der Waals surface area contributed by atoms with Gasteiger partial charge in [0.25, 0.3) is 0 Å². The topological polar surface area (TPSA) is 93.8 Å². The predicted molar refractivity (Wildman–Crippen MR) is 114 cm³/mol. The van der Waals surface area contributed by atoms with Crippen LogP contribution in [0.4, 0.5) is 5.69 Å². The monoisotopic (exact) mass is 405 g/mol. The standard InChI is InChI=1S/C22H20ClN5O/c1-29-21-6-4-16(10-19(21)23)12-28-22-17(13-26-8-2-7-24)14-27-20-5-3-15(11-25)9-18(20)22/h3-6,9-10,14,26H,2,8,12-13H2,1H3,(H,27,28). The molecule has 0 atom stereocenters. The van der Waals surface area contributed by atoms with Crippen molar-refractivity contribution in [3.8, 4) is 17.9 Å². The summed E-state index contributed by atoms with van der Waals surface area (Å²) in [5.74, 6) is 0.630. The molecule has 0 saturated heterocycles. The van der Waals surface area contributed by atoms with Crippen LogP contribution in [0.5, 0.6) is 5.75 Å². The van der Waals surface area contributed by atoms with Gasteiger partial charge in [-0.2, -0.15) is 10.5 Å². The van der Waals surface area contributed by atoms with E-state index in [1.54, 1.807) is 13.2 Å². The maximum atomic E-state index is 9.29. The molecule has 29 heavy (non-hydrogen) atoms. The first-order valence-electron chi connectivity index (χ1n) is 9.12. The van der Waals surface area contributed by atoms with Gasteiger partial charge in [0.15, 0.2) is 0 Å². The van der Waals surface area contributed by atoms with Crippen molar-refractivity contribution in [1.82, 2.24) is 10.3 Å². The fourth-order valence-corrected chi connectivity index (χ4v) is 3.30. The van der Waals surface area contributed by atoms with Crippen molar-refractivity contribution >= 4 is 28.2 Å². The summed E-state index contributed by atoms with van der Waals surface area (Å²) < 4.78 is 5.21. The molecule has 0 aliphatic heterocycles. The minimum atomic E-state index is 0.437. The first-order valence-corrected chi connectivity index (χ1v) is 9.49. The number of halogens is 1. The van der Waals surface area contributed by atoms with Gasteiger partial charge >= 0.3 is 0 Å². The second kappa shape index (κ2) is 9.75. The van der Waals surface area contributed by atoms with Gasteiger partial charge in [-0.25, -0.2) is 0 Å². The van der Waals surface area contributed by atoms with Crippen LogP contribution in [-0.4, -0.2) is 18.6 Å². The van der Waals surface area contributed by atoms with E-state index >= 15 is 0 Å². The average Bonchev–Trinajstić information content (AvgIpc) is 2.75. The molecule has 1 heterocycles. The van der Waals surface area contributed by atoms with E-state index < -0.39 is 0 Å². The Morgan fingerprint density at radius 2 is 2.00 bits per heavy atom. The smallest absolute Gasteiger partial charge is 0.137 e. The summed E-state index contributed by atoms with van der Waals surface area (Å²) in [6.07, 6.45) is 2.25. The minimum Gasteiger partial charge on any atom is -0.495 e. The van der Waals surface area contributed by atoms with E-state index in [1.165, 1.54) is 0 Å². The first kappa shape index (κ1) is 20.4. The molecule has 3 aromatic rings. The summed E-state index contributed by atoms with van der Waals surface area (Å²) in [6, 6.07) is 15.4. The van der Waals surface area contributed by atoms with E-state index in [0.717, 1.165) is 27.7 Å². The van der Waals surface area contributed by atoms with E-state index in [1.807, 2.05) is 36.5 Å². The number of rotatable bonds is 8. The highest BCUT2D eigenvalue weighted by molar-refractivity contribution is 6.32. The van der Waals surface area contributed by atoms with Crippen molar-refractivity contribution in [2.45, 2.75) is 19.5 Å². The Kier molecular flexibility index (Phi) is 6.86. The van der Waals surface area contributed by atoms with E-state index in [-0.39, 0.29) is 0 Å². The van der Waals surface area contributed by atoms with E-state index in [2.05, 4.69) is 27.8 Å². The number of fused-ring (bicyclic) bond motifs is 1. The van der Waals surface area contributed by atoms with Gasteiger partial charge in [-0.15, -0.1) is 0 Å². The number of nitriles is 2. The summed E-state index contributed by atoms with van der Waals surface area (Å²) in [6.45, 7) is 1.71. The zero-order chi connectivity index (χ0) is 20.6. The number of ether oxygens (including phenoxy) is 1. The van der Waals surface area contributed by atoms with E-state index in [0.29, 0.717) is 42.4 Å². The summed E-state index contributed by atoms with van der Waals surface area (Å²) >= 11 is 6.24. The third-order valence-electron chi connectivity index (χ3n) is 4.49. The van der Waals surface area contributed by atoms with Crippen LogP contribution in [0.2, 0.25) is 5.02 Å².